The molecule has 12 heavy (non-hydrogen) atoms. The van der Waals surface area contributed by atoms with E-state index in [4.69, 9.17) is 5.73 Å². The summed E-state index contributed by atoms with van der Waals surface area (Å²) < 4.78 is 0. The van der Waals surface area contributed by atoms with Gasteiger partial charge in [0.25, 0.3) is 0 Å². The van der Waals surface area contributed by atoms with Crippen molar-refractivity contribution in [1.29, 1.82) is 0 Å². The van der Waals surface area contributed by atoms with Gasteiger partial charge in [0, 0.05) is 13.0 Å². The lowest BCUT2D eigenvalue weighted by Gasteiger charge is -2.03. The van der Waals surface area contributed by atoms with Gasteiger partial charge in [0.2, 0.25) is 0 Å². The summed E-state index contributed by atoms with van der Waals surface area (Å²) in [6.45, 7) is 0.469. The van der Waals surface area contributed by atoms with Crippen LogP contribution in [0.4, 0.5) is 0 Å². The molecule has 0 aromatic heterocycles. The number of carbonyl (C=O) groups is 1. The number of rotatable bonds is 3. The van der Waals surface area contributed by atoms with Crippen LogP contribution in [0.1, 0.15) is 11.1 Å². The number of hydrogen-bond donors (Lipinski definition) is 2. The maximum atomic E-state index is 10.7. The average Bonchev–Trinajstić information content (AvgIpc) is 2.04. The van der Waals surface area contributed by atoms with Gasteiger partial charge >= 0.3 is 0 Å². The molecule has 0 aliphatic heterocycles. The summed E-state index contributed by atoms with van der Waals surface area (Å²) in [5.41, 5.74) is 7.48. The monoisotopic (exact) mass is 181 g/mol. The van der Waals surface area contributed by atoms with E-state index in [1.54, 1.807) is 0 Å². The molecule has 0 aliphatic carbocycles. The Morgan fingerprint density at radius 2 is 1.92 bits per heavy atom. The van der Waals surface area contributed by atoms with E-state index < -0.39 is 0 Å². The molecule has 0 amide bonds. The van der Waals surface area contributed by atoms with Crippen molar-refractivity contribution >= 4 is 17.7 Å². The molecule has 0 aliphatic rings. The van der Waals surface area contributed by atoms with Crippen LogP contribution in [-0.2, 0) is 17.8 Å². The summed E-state index contributed by atoms with van der Waals surface area (Å²) in [6, 6.07) is 7.63. The summed E-state index contributed by atoms with van der Waals surface area (Å²) in [6.07, 6.45) is 0.358. The van der Waals surface area contributed by atoms with E-state index in [-0.39, 0.29) is 5.12 Å². The predicted octanol–water partition coefficient (Wildman–Crippen LogP) is 1.14. The molecular weight excluding hydrogens is 170 g/mol. The molecule has 0 unspecified atom stereocenters. The lowest BCUT2D eigenvalue weighted by molar-refractivity contribution is -0.110. The third-order valence-corrected chi connectivity index (χ3v) is 1.84. The van der Waals surface area contributed by atoms with Crippen LogP contribution in [0.15, 0.2) is 24.3 Å². The summed E-state index contributed by atoms with van der Waals surface area (Å²) in [4.78, 5) is 10.7. The van der Waals surface area contributed by atoms with Gasteiger partial charge in [-0.15, -0.1) is 12.6 Å². The van der Waals surface area contributed by atoms with Gasteiger partial charge in [-0.1, -0.05) is 24.3 Å². The molecule has 0 heterocycles. The van der Waals surface area contributed by atoms with Crippen LogP contribution in [0, 0.1) is 0 Å². The summed E-state index contributed by atoms with van der Waals surface area (Å²) in [5.74, 6) is 0. The molecule has 1 aromatic rings. The van der Waals surface area contributed by atoms with Gasteiger partial charge in [-0.2, -0.15) is 0 Å². The first-order valence-electron chi connectivity index (χ1n) is 3.72. The summed E-state index contributed by atoms with van der Waals surface area (Å²) >= 11 is 3.72. The lowest BCUT2D eigenvalue weighted by Crippen LogP contribution is -2.03. The van der Waals surface area contributed by atoms with Gasteiger partial charge in [0.1, 0.15) is 0 Å². The normalized spacial score (nSPS) is 9.83. The number of carbonyl (C=O) groups excluding carboxylic acids is 1. The molecule has 3 heteroatoms. The standard InChI is InChI=1S/C9H11NOS/c10-6-8-4-2-1-3-7(8)5-9(11)12/h1-4H,5-6,10H2,(H,11,12). The quantitative estimate of drug-likeness (QED) is 0.687. The number of nitrogens with two attached hydrogens (primary N) is 1. The molecule has 1 rings (SSSR count). The van der Waals surface area contributed by atoms with Gasteiger partial charge in [-0.25, -0.2) is 0 Å². The van der Waals surface area contributed by atoms with Crippen molar-refractivity contribution in [2.75, 3.05) is 0 Å². The number of hydrogen-bond acceptors (Lipinski definition) is 2. The maximum absolute atomic E-state index is 10.7. The van der Waals surface area contributed by atoms with E-state index in [0.717, 1.165) is 11.1 Å². The molecule has 1 aromatic carbocycles. The van der Waals surface area contributed by atoms with Crippen molar-refractivity contribution in [2.45, 2.75) is 13.0 Å². The zero-order valence-corrected chi connectivity index (χ0v) is 7.55. The zero-order chi connectivity index (χ0) is 8.97. The third-order valence-electron chi connectivity index (χ3n) is 1.68. The van der Waals surface area contributed by atoms with Crippen molar-refractivity contribution in [3.05, 3.63) is 35.4 Å². The first-order chi connectivity index (χ1) is 5.74. The Hall–Kier alpha value is -0.800. The fourth-order valence-corrected chi connectivity index (χ4v) is 1.26. The van der Waals surface area contributed by atoms with Crippen molar-refractivity contribution in [3.8, 4) is 0 Å². The Morgan fingerprint density at radius 3 is 2.42 bits per heavy atom. The predicted molar refractivity (Wildman–Crippen MR) is 52.0 cm³/mol. The Morgan fingerprint density at radius 1 is 1.33 bits per heavy atom. The Bertz CT molecular complexity index is 286. The second kappa shape index (κ2) is 4.28. The molecular formula is C9H11NOS. The Balaban J connectivity index is 2.89. The molecule has 0 spiro atoms. The maximum Gasteiger partial charge on any atom is 0.190 e. The topological polar surface area (TPSA) is 43.1 Å². The molecule has 0 radical (unpaired) electrons. The first kappa shape index (κ1) is 9.29. The summed E-state index contributed by atoms with van der Waals surface area (Å²) in [5, 5.41) is -0.129. The highest BCUT2D eigenvalue weighted by molar-refractivity contribution is 7.96. The van der Waals surface area contributed by atoms with Gasteiger partial charge in [-0.05, 0) is 11.1 Å². The van der Waals surface area contributed by atoms with Crippen molar-refractivity contribution in [2.24, 2.45) is 5.73 Å². The number of thiol groups is 1. The van der Waals surface area contributed by atoms with Gasteiger partial charge in [0.05, 0.1) is 0 Å². The van der Waals surface area contributed by atoms with E-state index in [9.17, 15) is 4.79 Å². The van der Waals surface area contributed by atoms with Crippen molar-refractivity contribution < 1.29 is 4.79 Å². The molecule has 0 fully saturated rings. The molecule has 2 nitrogen and oxygen atoms in total. The van der Waals surface area contributed by atoms with E-state index in [0.29, 0.717) is 13.0 Å². The fourth-order valence-electron chi connectivity index (χ4n) is 1.09. The highest BCUT2D eigenvalue weighted by atomic mass is 32.1. The number of benzene rings is 1. The smallest absolute Gasteiger partial charge is 0.190 e. The Labute approximate surface area is 77.2 Å². The van der Waals surface area contributed by atoms with Crippen LogP contribution in [0.3, 0.4) is 0 Å². The molecule has 64 valence electrons. The minimum Gasteiger partial charge on any atom is -0.326 e. The first-order valence-corrected chi connectivity index (χ1v) is 4.17. The highest BCUT2D eigenvalue weighted by Crippen LogP contribution is 2.09. The second-order valence-electron chi connectivity index (χ2n) is 2.54. The molecule has 0 bridgehead atoms. The van der Waals surface area contributed by atoms with Crippen molar-refractivity contribution in [1.82, 2.24) is 0 Å². The van der Waals surface area contributed by atoms with Crippen molar-refractivity contribution in [3.63, 3.8) is 0 Å². The molecule has 0 atom stereocenters. The molecule has 2 N–H and O–H groups in total. The van der Waals surface area contributed by atoms with Gasteiger partial charge in [-0.3, -0.25) is 4.79 Å². The zero-order valence-electron chi connectivity index (χ0n) is 6.66. The van der Waals surface area contributed by atoms with Crippen LogP contribution in [0.25, 0.3) is 0 Å². The van der Waals surface area contributed by atoms with Crippen LogP contribution in [0.2, 0.25) is 0 Å². The Kier molecular flexibility index (Phi) is 3.31. The minimum atomic E-state index is -0.129. The van der Waals surface area contributed by atoms with Gasteiger partial charge in [0.15, 0.2) is 5.12 Å². The van der Waals surface area contributed by atoms with Crippen LogP contribution in [-0.4, -0.2) is 5.12 Å². The second-order valence-corrected chi connectivity index (χ2v) is 3.04. The van der Waals surface area contributed by atoms with Crippen LogP contribution < -0.4 is 5.73 Å². The van der Waals surface area contributed by atoms with E-state index in [2.05, 4.69) is 12.6 Å². The average molecular weight is 181 g/mol. The largest absolute Gasteiger partial charge is 0.326 e. The third kappa shape index (κ3) is 2.36. The molecule has 0 saturated carbocycles. The van der Waals surface area contributed by atoms with E-state index >= 15 is 0 Å². The highest BCUT2D eigenvalue weighted by Gasteiger charge is 2.02. The van der Waals surface area contributed by atoms with Crippen LogP contribution in [0.5, 0.6) is 0 Å². The minimum absolute atomic E-state index is 0.129. The van der Waals surface area contributed by atoms with Gasteiger partial charge < -0.3 is 5.73 Å². The van der Waals surface area contributed by atoms with E-state index in [1.165, 1.54) is 0 Å². The SMILES string of the molecule is NCc1ccccc1CC(=O)S. The van der Waals surface area contributed by atoms with E-state index in [1.807, 2.05) is 24.3 Å². The summed E-state index contributed by atoms with van der Waals surface area (Å²) in [7, 11) is 0. The molecule has 0 saturated heterocycles. The lowest BCUT2D eigenvalue weighted by atomic mass is 10.1. The fraction of sp³-hybridized carbons (Fsp3) is 0.222. The van der Waals surface area contributed by atoms with Crippen LogP contribution >= 0.6 is 12.6 Å².